The molecule has 0 saturated carbocycles. The first kappa shape index (κ1) is 13.8. The summed E-state index contributed by atoms with van der Waals surface area (Å²) in [4.78, 5) is 2.21. The van der Waals surface area contributed by atoms with Gasteiger partial charge in [0.05, 0.1) is 18.4 Å². The third kappa shape index (κ3) is 3.44. The van der Waals surface area contributed by atoms with Crippen LogP contribution in [0, 0.1) is 13.8 Å². The standard InChI is InChI=1S/C14H22N4O/c1-5-6-18-12(3)13(8-15-18)9-17(4)10-14-7-11(2)16-19-14/h7-8H,5-6,9-10H2,1-4H3. The van der Waals surface area contributed by atoms with Crippen molar-refractivity contribution in [2.75, 3.05) is 7.05 Å². The van der Waals surface area contributed by atoms with Gasteiger partial charge in [0.15, 0.2) is 5.76 Å². The summed E-state index contributed by atoms with van der Waals surface area (Å²) in [5.41, 5.74) is 3.45. The molecule has 0 aromatic carbocycles. The van der Waals surface area contributed by atoms with Crippen LogP contribution in [0.1, 0.15) is 36.1 Å². The molecule has 19 heavy (non-hydrogen) atoms. The Kier molecular flexibility index (Phi) is 4.37. The molecule has 0 N–H and O–H groups in total. The fourth-order valence-electron chi connectivity index (χ4n) is 2.18. The Labute approximate surface area is 114 Å². The first-order valence-electron chi connectivity index (χ1n) is 6.72. The van der Waals surface area contributed by atoms with Gasteiger partial charge < -0.3 is 4.52 Å². The Morgan fingerprint density at radius 3 is 2.74 bits per heavy atom. The highest BCUT2D eigenvalue weighted by atomic mass is 16.5. The van der Waals surface area contributed by atoms with Crippen molar-refractivity contribution in [2.45, 2.75) is 46.8 Å². The molecule has 0 bridgehead atoms. The molecular weight excluding hydrogens is 240 g/mol. The Hall–Kier alpha value is -1.62. The average Bonchev–Trinajstić information content (AvgIpc) is 2.90. The number of rotatable bonds is 6. The third-order valence-corrected chi connectivity index (χ3v) is 3.18. The normalized spacial score (nSPS) is 11.4. The van der Waals surface area contributed by atoms with Gasteiger partial charge in [-0.1, -0.05) is 12.1 Å². The van der Waals surface area contributed by atoms with Crippen LogP contribution in [0.2, 0.25) is 0 Å². The summed E-state index contributed by atoms with van der Waals surface area (Å²) < 4.78 is 7.31. The van der Waals surface area contributed by atoms with E-state index in [1.54, 1.807) is 0 Å². The topological polar surface area (TPSA) is 47.1 Å². The quantitative estimate of drug-likeness (QED) is 0.802. The van der Waals surface area contributed by atoms with Gasteiger partial charge in [-0.05, 0) is 27.3 Å². The van der Waals surface area contributed by atoms with Gasteiger partial charge in [0, 0.05) is 30.4 Å². The highest BCUT2D eigenvalue weighted by molar-refractivity contribution is 5.16. The van der Waals surface area contributed by atoms with E-state index in [1.807, 2.05) is 19.2 Å². The zero-order valence-corrected chi connectivity index (χ0v) is 12.2. The van der Waals surface area contributed by atoms with E-state index in [-0.39, 0.29) is 0 Å². The van der Waals surface area contributed by atoms with Crippen LogP contribution in [0.3, 0.4) is 0 Å². The second-order valence-corrected chi connectivity index (χ2v) is 5.09. The van der Waals surface area contributed by atoms with Crippen molar-refractivity contribution in [1.82, 2.24) is 19.8 Å². The van der Waals surface area contributed by atoms with Crippen LogP contribution >= 0.6 is 0 Å². The summed E-state index contributed by atoms with van der Waals surface area (Å²) in [6.07, 6.45) is 3.07. The minimum atomic E-state index is 0.763. The van der Waals surface area contributed by atoms with E-state index in [2.05, 4.69) is 40.7 Å². The number of aromatic nitrogens is 3. The van der Waals surface area contributed by atoms with Gasteiger partial charge in [0.1, 0.15) is 0 Å². The molecule has 0 amide bonds. The molecule has 0 aliphatic heterocycles. The fraction of sp³-hybridized carbons (Fsp3) is 0.571. The van der Waals surface area contributed by atoms with Crippen LogP contribution in [0.25, 0.3) is 0 Å². The van der Waals surface area contributed by atoms with Crippen molar-refractivity contribution in [3.05, 3.63) is 35.0 Å². The first-order chi connectivity index (χ1) is 9.10. The van der Waals surface area contributed by atoms with Gasteiger partial charge in [-0.3, -0.25) is 9.58 Å². The molecule has 104 valence electrons. The van der Waals surface area contributed by atoms with E-state index in [0.29, 0.717) is 0 Å². The minimum Gasteiger partial charge on any atom is -0.360 e. The van der Waals surface area contributed by atoms with E-state index in [9.17, 15) is 0 Å². The summed E-state index contributed by atoms with van der Waals surface area (Å²) >= 11 is 0. The van der Waals surface area contributed by atoms with E-state index in [1.165, 1.54) is 11.3 Å². The Morgan fingerprint density at radius 1 is 1.32 bits per heavy atom. The van der Waals surface area contributed by atoms with Gasteiger partial charge in [-0.2, -0.15) is 5.10 Å². The maximum atomic E-state index is 5.23. The van der Waals surface area contributed by atoms with Crippen molar-refractivity contribution in [1.29, 1.82) is 0 Å². The van der Waals surface area contributed by atoms with E-state index >= 15 is 0 Å². The molecule has 2 heterocycles. The van der Waals surface area contributed by atoms with Crippen LogP contribution < -0.4 is 0 Å². The van der Waals surface area contributed by atoms with Crippen molar-refractivity contribution in [2.24, 2.45) is 0 Å². The molecule has 2 aromatic heterocycles. The largest absolute Gasteiger partial charge is 0.360 e. The monoisotopic (exact) mass is 262 g/mol. The smallest absolute Gasteiger partial charge is 0.150 e. The molecule has 2 aromatic rings. The lowest BCUT2D eigenvalue weighted by Gasteiger charge is -2.14. The maximum absolute atomic E-state index is 5.23. The molecule has 0 fully saturated rings. The highest BCUT2D eigenvalue weighted by Gasteiger charge is 2.10. The SMILES string of the molecule is CCCn1ncc(CN(C)Cc2cc(C)no2)c1C. The number of hydrogen-bond donors (Lipinski definition) is 0. The summed E-state index contributed by atoms with van der Waals surface area (Å²) in [7, 11) is 2.08. The molecule has 2 rings (SSSR count). The highest BCUT2D eigenvalue weighted by Crippen LogP contribution is 2.12. The van der Waals surface area contributed by atoms with Crippen LogP contribution in [0.5, 0.6) is 0 Å². The number of aryl methyl sites for hydroxylation is 2. The van der Waals surface area contributed by atoms with Gasteiger partial charge in [-0.15, -0.1) is 0 Å². The molecular formula is C14H22N4O. The van der Waals surface area contributed by atoms with Gasteiger partial charge >= 0.3 is 0 Å². The predicted octanol–water partition coefficient (Wildman–Crippen LogP) is 2.53. The molecule has 0 aliphatic carbocycles. The van der Waals surface area contributed by atoms with Crippen molar-refractivity contribution >= 4 is 0 Å². The van der Waals surface area contributed by atoms with E-state index < -0.39 is 0 Å². The summed E-state index contributed by atoms with van der Waals surface area (Å²) in [5.74, 6) is 0.901. The summed E-state index contributed by atoms with van der Waals surface area (Å²) in [6.45, 7) is 8.85. The first-order valence-corrected chi connectivity index (χ1v) is 6.72. The van der Waals surface area contributed by atoms with Crippen molar-refractivity contribution in [3.8, 4) is 0 Å². The fourth-order valence-corrected chi connectivity index (χ4v) is 2.18. The molecule has 0 atom stereocenters. The van der Waals surface area contributed by atoms with E-state index in [4.69, 9.17) is 4.52 Å². The zero-order valence-electron chi connectivity index (χ0n) is 12.2. The van der Waals surface area contributed by atoms with Crippen LogP contribution in [-0.2, 0) is 19.6 Å². The Morgan fingerprint density at radius 2 is 2.11 bits per heavy atom. The zero-order chi connectivity index (χ0) is 13.8. The van der Waals surface area contributed by atoms with Crippen molar-refractivity contribution in [3.63, 3.8) is 0 Å². The molecule has 0 saturated heterocycles. The molecule has 0 spiro atoms. The molecule has 0 radical (unpaired) electrons. The minimum absolute atomic E-state index is 0.763. The lowest BCUT2D eigenvalue weighted by molar-refractivity contribution is 0.265. The molecule has 5 heteroatoms. The van der Waals surface area contributed by atoms with Crippen LogP contribution in [0.15, 0.2) is 16.8 Å². The number of hydrogen-bond acceptors (Lipinski definition) is 4. The molecule has 0 aliphatic rings. The predicted molar refractivity (Wildman–Crippen MR) is 73.7 cm³/mol. The average molecular weight is 262 g/mol. The lowest BCUT2D eigenvalue weighted by Crippen LogP contribution is -2.17. The Bertz CT molecular complexity index is 529. The second-order valence-electron chi connectivity index (χ2n) is 5.09. The van der Waals surface area contributed by atoms with E-state index in [0.717, 1.165) is 37.5 Å². The Balaban J connectivity index is 1.96. The molecule has 0 unspecified atom stereocenters. The number of nitrogens with zero attached hydrogens (tertiary/aromatic N) is 4. The third-order valence-electron chi connectivity index (χ3n) is 3.18. The van der Waals surface area contributed by atoms with Gasteiger partial charge in [0.25, 0.3) is 0 Å². The van der Waals surface area contributed by atoms with Crippen LogP contribution in [0.4, 0.5) is 0 Å². The second kappa shape index (κ2) is 6.02. The molecule has 5 nitrogen and oxygen atoms in total. The van der Waals surface area contributed by atoms with Crippen molar-refractivity contribution < 1.29 is 4.52 Å². The lowest BCUT2D eigenvalue weighted by atomic mass is 10.2. The van der Waals surface area contributed by atoms with Crippen LogP contribution in [-0.4, -0.2) is 26.9 Å². The summed E-state index contributed by atoms with van der Waals surface area (Å²) in [6, 6.07) is 1.98. The van der Waals surface area contributed by atoms with Gasteiger partial charge in [-0.25, -0.2) is 0 Å². The van der Waals surface area contributed by atoms with Gasteiger partial charge in [0.2, 0.25) is 0 Å². The maximum Gasteiger partial charge on any atom is 0.150 e. The summed E-state index contributed by atoms with van der Waals surface area (Å²) in [5, 5.41) is 8.33.